The van der Waals surface area contributed by atoms with Gasteiger partial charge in [0.15, 0.2) is 0 Å². The van der Waals surface area contributed by atoms with E-state index in [9.17, 15) is 15.2 Å². The molecule has 2 N–H and O–H groups in total. The van der Waals surface area contributed by atoms with Crippen LogP contribution in [-0.4, -0.2) is 71.7 Å². The third-order valence-electron chi connectivity index (χ3n) is 4.38. The predicted octanol–water partition coefficient (Wildman–Crippen LogP) is -0.207. The predicted molar refractivity (Wildman–Crippen MR) is 79.4 cm³/mol. The Labute approximate surface area is 126 Å². The number of rotatable bonds is 6. The highest BCUT2D eigenvalue weighted by Gasteiger charge is 2.43. The Morgan fingerprint density at radius 2 is 1.95 bits per heavy atom. The van der Waals surface area contributed by atoms with Gasteiger partial charge in [0, 0.05) is 32.7 Å². The number of carbonyl (C=O) groups is 1. The van der Waals surface area contributed by atoms with Gasteiger partial charge < -0.3 is 10.4 Å². The van der Waals surface area contributed by atoms with Crippen LogP contribution in [0.5, 0.6) is 0 Å². The molecule has 0 unspecified atom stereocenters. The summed E-state index contributed by atoms with van der Waals surface area (Å²) in [7, 11) is 0. The van der Waals surface area contributed by atoms with Gasteiger partial charge in [-0.15, -0.1) is 0 Å². The molecule has 0 radical (unpaired) electrons. The Hall–Kier alpha value is -1.16. The van der Waals surface area contributed by atoms with Crippen molar-refractivity contribution in [2.45, 2.75) is 38.3 Å². The first-order valence-corrected chi connectivity index (χ1v) is 7.78. The SMILES string of the molecule is C[C@H](O)CN1CCN(CC(=O)N[C@](C)(C#N)C2CC2)CC1. The molecule has 21 heavy (non-hydrogen) atoms. The van der Waals surface area contributed by atoms with Gasteiger partial charge in [0.05, 0.1) is 18.7 Å². The summed E-state index contributed by atoms with van der Waals surface area (Å²) in [4.78, 5) is 16.4. The number of carbonyl (C=O) groups excluding carboxylic acids is 1. The monoisotopic (exact) mass is 294 g/mol. The van der Waals surface area contributed by atoms with Crippen LogP contribution in [0.2, 0.25) is 0 Å². The van der Waals surface area contributed by atoms with Crippen LogP contribution in [0.25, 0.3) is 0 Å². The molecule has 6 heteroatoms. The molecule has 1 saturated carbocycles. The van der Waals surface area contributed by atoms with Gasteiger partial charge >= 0.3 is 0 Å². The molecule has 118 valence electrons. The lowest BCUT2D eigenvalue weighted by Gasteiger charge is -2.35. The number of piperazine rings is 1. The first-order chi connectivity index (χ1) is 9.93. The number of nitrogens with zero attached hydrogens (tertiary/aromatic N) is 3. The van der Waals surface area contributed by atoms with Gasteiger partial charge in [-0.25, -0.2) is 0 Å². The lowest BCUT2D eigenvalue weighted by atomic mass is 9.98. The summed E-state index contributed by atoms with van der Waals surface area (Å²) in [5.41, 5.74) is -0.703. The number of nitriles is 1. The van der Waals surface area contributed by atoms with Gasteiger partial charge in [-0.2, -0.15) is 5.26 Å². The van der Waals surface area contributed by atoms with Crippen LogP contribution in [0.1, 0.15) is 26.7 Å². The van der Waals surface area contributed by atoms with Crippen molar-refractivity contribution in [1.29, 1.82) is 5.26 Å². The largest absolute Gasteiger partial charge is 0.392 e. The fourth-order valence-electron chi connectivity index (χ4n) is 2.92. The molecule has 1 aliphatic heterocycles. The van der Waals surface area contributed by atoms with Crippen molar-refractivity contribution in [2.75, 3.05) is 39.3 Å². The average molecular weight is 294 g/mol. The van der Waals surface area contributed by atoms with E-state index in [0.29, 0.717) is 19.0 Å². The van der Waals surface area contributed by atoms with Crippen molar-refractivity contribution in [1.82, 2.24) is 15.1 Å². The third kappa shape index (κ3) is 4.67. The molecule has 0 bridgehead atoms. The van der Waals surface area contributed by atoms with E-state index in [1.807, 2.05) is 6.92 Å². The van der Waals surface area contributed by atoms with Crippen LogP contribution < -0.4 is 5.32 Å². The summed E-state index contributed by atoms with van der Waals surface area (Å²) in [6.07, 6.45) is 1.75. The average Bonchev–Trinajstić information content (AvgIpc) is 3.25. The van der Waals surface area contributed by atoms with E-state index >= 15 is 0 Å². The number of β-amino-alcohol motifs (C(OH)–C–C–N with tert-alkyl or cyclic N) is 1. The molecule has 0 aromatic rings. The van der Waals surface area contributed by atoms with Crippen LogP contribution in [0.4, 0.5) is 0 Å². The number of hydrogen-bond acceptors (Lipinski definition) is 5. The second-order valence-electron chi connectivity index (χ2n) is 6.56. The Morgan fingerprint density at radius 3 is 2.43 bits per heavy atom. The van der Waals surface area contributed by atoms with Crippen molar-refractivity contribution in [3.63, 3.8) is 0 Å². The van der Waals surface area contributed by atoms with E-state index in [-0.39, 0.29) is 12.0 Å². The smallest absolute Gasteiger partial charge is 0.235 e. The molecule has 0 spiro atoms. The van der Waals surface area contributed by atoms with Gasteiger partial charge in [-0.3, -0.25) is 14.6 Å². The maximum absolute atomic E-state index is 12.1. The third-order valence-corrected chi connectivity index (χ3v) is 4.38. The number of aliphatic hydroxyl groups excluding tert-OH is 1. The van der Waals surface area contributed by atoms with Gasteiger partial charge in [-0.05, 0) is 32.6 Å². The van der Waals surface area contributed by atoms with Gasteiger partial charge in [0.25, 0.3) is 0 Å². The van der Waals surface area contributed by atoms with Crippen molar-refractivity contribution in [3.8, 4) is 6.07 Å². The van der Waals surface area contributed by atoms with E-state index in [0.717, 1.165) is 39.0 Å². The molecule has 2 atom stereocenters. The Bertz CT molecular complexity index is 408. The zero-order valence-corrected chi connectivity index (χ0v) is 13.0. The molecule has 1 heterocycles. The van der Waals surface area contributed by atoms with E-state index in [1.165, 1.54) is 0 Å². The molecular formula is C15H26N4O2. The van der Waals surface area contributed by atoms with E-state index in [1.54, 1.807) is 6.92 Å². The first kappa shape index (κ1) is 16.2. The zero-order valence-electron chi connectivity index (χ0n) is 13.0. The fraction of sp³-hybridized carbons (Fsp3) is 0.867. The zero-order chi connectivity index (χ0) is 15.5. The van der Waals surface area contributed by atoms with Crippen molar-refractivity contribution < 1.29 is 9.90 Å². The molecule has 0 aromatic carbocycles. The minimum absolute atomic E-state index is 0.0603. The van der Waals surface area contributed by atoms with Crippen LogP contribution in [0, 0.1) is 17.2 Å². The molecule has 1 saturated heterocycles. The van der Waals surface area contributed by atoms with Crippen molar-refractivity contribution in [2.24, 2.45) is 5.92 Å². The first-order valence-electron chi connectivity index (χ1n) is 7.78. The molecule has 1 amide bonds. The van der Waals surface area contributed by atoms with Crippen LogP contribution in [0.15, 0.2) is 0 Å². The summed E-state index contributed by atoms with van der Waals surface area (Å²) in [5, 5.41) is 21.5. The van der Waals surface area contributed by atoms with E-state index in [4.69, 9.17) is 0 Å². The Morgan fingerprint density at radius 1 is 1.38 bits per heavy atom. The molecule has 2 aliphatic rings. The van der Waals surface area contributed by atoms with Crippen molar-refractivity contribution >= 4 is 5.91 Å². The lowest BCUT2D eigenvalue weighted by molar-refractivity contribution is -0.124. The van der Waals surface area contributed by atoms with Gasteiger partial charge in [0.1, 0.15) is 5.54 Å². The fourth-order valence-corrected chi connectivity index (χ4v) is 2.92. The van der Waals surface area contributed by atoms with Crippen LogP contribution >= 0.6 is 0 Å². The van der Waals surface area contributed by atoms with Gasteiger partial charge in [0.2, 0.25) is 5.91 Å². The molecule has 0 aromatic heterocycles. The van der Waals surface area contributed by atoms with Gasteiger partial charge in [-0.1, -0.05) is 0 Å². The van der Waals surface area contributed by atoms with Crippen LogP contribution in [-0.2, 0) is 4.79 Å². The Kier molecular flexibility index (Phi) is 5.20. The number of aliphatic hydroxyl groups is 1. The summed E-state index contributed by atoms with van der Waals surface area (Å²) in [5.74, 6) is 0.254. The molecule has 1 aliphatic carbocycles. The lowest BCUT2D eigenvalue weighted by Crippen LogP contribution is -2.54. The number of amides is 1. The van der Waals surface area contributed by atoms with E-state index < -0.39 is 5.54 Å². The number of hydrogen-bond donors (Lipinski definition) is 2. The second-order valence-corrected chi connectivity index (χ2v) is 6.56. The molecule has 2 rings (SSSR count). The van der Waals surface area contributed by atoms with Crippen molar-refractivity contribution in [3.05, 3.63) is 0 Å². The summed E-state index contributed by atoms with van der Waals surface area (Å²) in [6.45, 7) is 8.05. The summed E-state index contributed by atoms with van der Waals surface area (Å²) >= 11 is 0. The van der Waals surface area contributed by atoms with Crippen LogP contribution in [0.3, 0.4) is 0 Å². The summed E-state index contributed by atoms with van der Waals surface area (Å²) < 4.78 is 0. The highest BCUT2D eigenvalue weighted by atomic mass is 16.3. The molecule has 2 fully saturated rings. The molecular weight excluding hydrogens is 268 g/mol. The minimum Gasteiger partial charge on any atom is -0.392 e. The number of nitrogens with one attached hydrogen (secondary N) is 1. The topological polar surface area (TPSA) is 79.6 Å². The maximum Gasteiger partial charge on any atom is 0.235 e. The summed E-state index contributed by atoms with van der Waals surface area (Å²) in [6, 6.07) is 2.25. The standard InChI is InChI=1S/C15H26N4O2/c1-12(20)9-18-5-7-19(8-6-18)10-14(21)17-15(2,11-16)13-3-4-13/h12-13,20H,3-10H2,1-2H3,(H,17,21)/t12-,15+/m0/s1. The quantitative estimate of drug-likeness (QED) is 0.709. The Balaban J connectivity index is 1.73. The normalized spacial score (nSPS) is 24.9. The minimum atomic E-state index is -0.703. The van der Waals surface area contributed by atoms with E-state index in [2.05, 4.69) is 21.2 Å². The molecule has 6 nitrogen and oxygen atoms in total. The highest BCUT2D eigenvalue weighted by molar-refractivity contribution is 5.79. The second kappa shape index (κ2) is 6.73. The maximum atomic E-state index is 12.1. The highest BCUT2D eigenvalue weighted by Crippen LogP contribution is 2.39.